The highest BCUT2D eigenvalue weighted by molar-refractivity contribution is 7.99. The Morgan fingerprint density at radius 2 is 1.57 bits per heavy atom. The Kier molecular flexibility index (Phi) is 5.83. The van der Waals surface area contributed by atoms with Gasteiger partial charge in [-0.1, -0.05) is 48.5 Å². The van der Waals surface area contributed by atoms with Gasteiger partial charge in [-0.05, 0) is 42.0 Å². The van der Waals surface area contributed by atoms with Gasteiger partial charge in [0.1, 0.15) is 22.6 Å². The number of para-hydroxylation sites is 2. The topological polar surface area (TPSA) is 38.8 Å². The van der Waals surface area contributed by atoms with Crippen LogP contribution in [0.4, 0.5) is 0 Å². The highest BCUT2D eigenvalue weighted by Gasteiger charge is 2.31. The average molecular weight is 391 g/mol. The second-order valence-corrected chi connectivity index (χ2v) is 7.59. The lowest BCUT2D eigenvalue weighted by molar-refractivity contribution is -0.133. The van der Waals surface area contributed by atoms with E-state index in [1.807, 2.05) is 89.8 Å². The number of hydrogen-bond acceptors (Lipinski definition) is 4. The molecule has 1 aliphatic heterocycles. The molecule has 0 saturated carbocycles. The van der Waals surface area contributed by atoms with Gasteiger partial charge in [-0.15, -0.1) is 11.8 Å². The number of thioether (sulfide) groups is 1. The van der Waals surface area contributed by atoms with Crippen molar-refractivity contribution in [3.8, 4) is 17.2 Å². The molecule has 0 spiro atoms. The summed E-state index contributed by atoms with van der Waals surface area (Å²) in [5, 5.41) is -0.0220. The molecule has 0 aromatic heterocycles. The molecule has 3 aromatic carbocycles. The van der Waals surface area contributed by atoms with E-state index in [4.69, 9.17) is 9.47 Å². The number of benzene rings is 3. The largest absolute Gasteiger partial charge is 0.484 e. The predicted molar refractivity (Wildman–Crippen MR) is 112 cm³/mol. The van der Waals surface area contributed by atoms with E-state index < -0.39 is 0 Å². The van der Waals surface area contributed by atoms with E-state index >= 15 is 0 Å². The molecular formula is C23H21NO3S. The molecule has 5 heteroatoms. The van der Waals surface area contributed by atoms with Gasteiger partial charge in [0.05, 0.1) is 0 Å². The molecule has 1 amide bonds. The summed E-state index contributed by atoms with van der Waals surface area (Å²) in [7, 11) is 0. The predicted octanol–water partition coefficient (Wildman–Crippen LogP) is 5.13. The van der Waals surface area contributed by atoms with Crippen molar-refractivity contribution in [2.75, 3.05) is 18.9 Å². The first-order chi connectivity index (χ1) is 13.8. The van der Waals surface area contributed by atoms with Crippen molar-refractivity contribution >= 4 is 17.7 Å². The zero-order valence-corrected chi connectivity index (χ0v) is 16.2. The second-order valence-electron chi connectivity index (χ2n) is 6.40. The summed E-state index contributed by atoms with van der Waals surface area (Å²) in [6, 6.07) is 27.1. The molecule has 0 aliphatic carbocycles. The van der Waals surface area contributed by atoms with Crippen molar-refractivity contribution in [1.29, 1.82) is 0 Å². The summed E-state index contributed by atoms with van der Waals surface area (Å²) in [4.78, 5) is 14.6. The molecule has 28 heavy (non-hydrogen) atoms. The number of nitrogens with zero attached hydrogens (tertiary/aromatic N) is 1. The van der Waals surface area contributed by atoms with Gasteiger partial charge in [-0.2, -0.15) is 0 Å². The molecule has 0 bridgehead atoms. The standard InChI is InChI=1S/C23H21NO3S/c25-22(17-26-19-9-3-1-4-10-19)24-14-15-28-23(24)18-8-7-13-21(16-18)27-20-11-5-2-6-12-20/h1-13,16,23H,14-15,17H2/t23-/m1/s1. The Balaban J connectivity index is 1.44. The van der Waals surface area contributed by atoms with Gasteiger partial charge in [0, 0.05) is 12.3 Å². The molecule has 1 heterocycles. The number of rotatable bonds is 6. The molecule has 0 unspecified atom stereocenters. The van der Waals surface area contributed by atoms with Crippen LogP contribution in [-0.2, 0) is 4.79 Å². The zero-order valence-electron chi connectivity index (χ0n) is 15.4. The minimum Gasteiger partial charge on any atom is -0.484 e. The highest BCUT2D eigenvalue weighted by atomic mass is 32.2. The lowest BCUT2D eigenvalue weighted by Crippen LogP contribution is -2.34. The molecule has 1 atom stereocenters. The first-order valence-electron chi connectivity index (χ1n) is 9.21. The van der Waals surface area contributed by atoms with E-state index in [2.05, 4.69) is 0 Å². The van der Waals surface area contributed by atoms with Crippen LogP contribution in [0.25, 0.3) is 0 Å². The Morgan fingerprint density at radius 3 is 2.32 bits per heavy atom. The van der Waals surface area contributed by atoms with Crippen LogP contribution in [0.1, 0.15) is 10.9 Å². The number of carbonyl (C=O) groups is 1. The molecule has 4 nitrogen and oxygen atoms in total. The van der Waals surface area contributed by atoms with Crippen LogP contribution >= 0.6 is 11.8 Å². The van der Waals surface area contributed by atoms with Crippen LogP contribution < -0.4 is 9.47 Å². The summed E-state index contributed by atoms with van der Waals surface area (Å²) in [6.45, 7) is 0.761. The molecule has 142 valence electrons. The monoisotopic (exact) mass is 391 g/mol. The number of amides is 1. The molecular weight excluding hydrogens is 370 g/mol. The summed E-state index contributed by atoms with van der Waals surface area (Å²) in [6.07, 6.45) is 0. The van der Waals surface area contributed by atoms with Gasteiger partial charge in [0.25, 0.3) is 5.91 Å². The van der Waals surface area contributed by atoms with Gasteiger partial charge in [-0.25, -0.2) is 0 Å². The summed E-state index contributed by atoms with van der Waals surface area (Å²) in [5.74, 6) is 3.17. The minimum atomic E-state index is -0.0220. The molecule has 3 aromatic rings. The number of ether oxygens (including phenoxy) is 2. The van der Waals surface area contributed by atoms with Crippen LogP contribution in [0, 0.1) is 0 Å². The Hall–Kier alpha value is -2.92. The van der Waals surface area contributed by atoms with E-state index in [1.54, 1.807) is 11.8 Å². The number of carbonyl (C=O) groups excluding carboxylic acids is 1. The lowest BCUT2D eigenvalue weighted by Gasteiger charge is -2.24. The molecule has 0 N–H and O–H groups in total. The van der Waals surface area contributed by atoms with E-state index in [0.29, 0.717) is 5.75 Å². The molecule has 1 aliphatic rings. The highest BCUT2D eigenvalue weighted by Crippen LogP contribution is 2.39. The lowest BCUT2D eigenvalue weighted by atomic mass is 10.2. The smallest absolute Gasteiger partial charge is 0.261 e. The van der Waals surface area contributed by atoms with Gasteiger partial charge in [-0.3, -0.25) is 4.79 Å². The maximum atomic E-state index is 12.7. The molecule has 1 saturated heterocycles. The zero-order chi connectivity index (χ0) is 19.2. The Morgan fingerprint density at radius 1 is 0.893 bits per heavy atom. The van der Waals surface area contributed by atoms with E-state index in [0.717, 1.165) is 29.4 Å². The van der Waals surface area contributed by atoms with Gasteiger partial charge in [0.15, 0.2) is 6.61 Å². The van der Waals surface area contributed by atoms with Crippen LogP contribution in [0.5, 0.6) is 17.2 Å². The maximum absolute atomic E-state index is 12.7. The van der Waals surface area contributed by atoms with Crippen molar-refractivity contribution in [2.24, 2.45) is 0 Å². The Labute approximate surface area is 169 Å². The fraction of sp³-hybridized carbons (Fsp3) is 0.174. The van der Waals surface area contributed by atoms with Gasteiger partial charge < -0.3 is 14.4 Å². The number of hydrogen-bond donors (Lipinski definition) is 0. The normalized spacial score (nSPS) is 16.0. The van der Waals surface area contributed by atoms with Crippen molar-refractivity contribution < 1.29 is 14.3 Å². The fourth-order valence-corrected chi connectivity index (χ4v) is 4.37. The summed E-state index contributed by atoms with van der Waals surface area (Å²) in [5.41, 5.74) is 1.06. The second kappa shape index (κ2) is 8.85. The third-order valence-electron chi connectivity index (χ3n) is 4.44. The van der Waals surface area contributed by atoms with Crippen LogP contribution in [0.15, 0.2) is 84.9 Å². The van der Waals surface area contributed by atoms with E-state index in [1.165, 1.54) is 0 Å². The maximum Gasteiger partial charge on any atom is 0.261 e. The SMILES string of the molecule is O=C(COc1ccccc1)N1CCS[C@@H]1c1cccc(Oc2ccccc2)c1. The van der Waals surface area contributed by atoms with Gasteiger partial charge >= 0.3 is 0 Å². The van der Waals surface area contributed by atoms with Crippen molar-refractivity contribution in [3.63, 3.8) is 0 Å². The molecule has 0 radical (unpaired) electrons. The average Bonchev–Trinajstić information content (AvgIpc) is 3.24. The summed E-state index contributed by atoms with van der Waals surface area (Å²) >= 11 is 1.76. The first-order valence-corrected chi connectivity index (χ1v) is 10.3. The summed E-state index contributed by atoms with van der Waals surface area (Å²) < 4.78 is 11.6. The fourth-order valence-electron chi connectivity index (χ4n) is 3.10. The van der Waals surface area contributed by atoms with Crippen LogP contribution in [-0.4, -0.2) is 29.7 Å². The van der Waals surface area contributed by atoms with E-state index in [9.17, 15) is 4.79 Å². The Bertz CT molecular complexity index is 917. The van der Waals surface area contributed by atoms with E-state index in [-0.39, 0.29) is 17.9 Å². The van der Waals surface area contributed by atoms with Crippen molar-refractivity contribution in [1.82, 2.24) is 4.90 Å². The first kappa shape index (κ1) is 18.4. The quantitative estimate of drug-likeness (QED) is 0.584. The van der Waals surface area contributed by atoms with Crippen molar-refractivity contribution in [3.05, 3.63) is 90.5 Å². The van der Waals surface area contributed by atoms with Gasteiger partial charge in [0.2, 0.25) is 0 Å². The third-order valence-corrected chi connectivity index (χ3v) is 5.70. The molecule has 4 rings (SSSR count). The third kappa shape index (κ3) is 4.49. The van der Waals surface area contributed by atoms with Crippen molar-refractivity contribution in [2.45, 2.75) is 5.37 Å². The minimum absolute atomic E-state index is 0.00626. The molecule has 1 fully saturated rings. The van der Waals surface area contributed by atoms with Crippen LogP contribution in [0.2, 0.25) is 0 Å². The van der Waals surface area contributed by atoms with Crippen LogP contribution in [0.3, 0.4) is 0 Å².